The van der Waals surface area contributed by atoms with Gasteiger partial charge in [-0.25, -0.2) is 9.59 Å². The lowest BCUT2D eigenvalue weighted by atomic mass is 10.2. The van der Waals surface area contributed by atoms with Crippen molar-refractivity contribution in [2.75, 3.05) is 27.5 Å². The van der Waals surface area contributed by atoms with Gasteiger partial charge in [-0.3, -0.25) is 4.57 Å². The van der Waals surface area contributed by atoms with Gasteiger partial charge in [0.15, 0.2) is 0 Å². The highest BCUT2D eigenvalue weighted by molar-refractivity contribution is 7.54. The Balaban J connectivity index is 4.83. The largest absolute Gasteiger partial charge is 0.467 e. The molecule has 0 radical (unpaired) electrons. The molecule has 128 valence electrons. The summed E-state index contributed by atoms with van der Waals surface area (Å²) in [6.07, 6.45) is 1.92. The molecule has 0 saturated heterocycles. The van der Waals surface area contributed by atoms with E-state index in [1.54, 1.807) is 20.8 Å². The van der Waals surface area contributed by atoms with Gasteiger partial charge >= 0.3 is 19.7 Å². The Kier molecular flexibility index (Phi) is 8.37. The molecular formula is C13H24NO7P. The number of esters is 1. The molecule has 0 rings (SSSR count). The van der Waals surface area contributed by atoms with Crippen LogP contribution in [0.4, 0.5) is 4.79 Å². The number of carbonyl (C=O) groups excluding carboxylic acids is 2. The lowest BCUT2D eigenvalue weighted by Crippen LogP contribution is -2.42. The van der Waals surface area contributed by atoms with Crippen LogP contribution in [-0.4, -0.2) is 51.2 Å². The van der Waals surface area contributed by atoms with E-state index in [4.69, 9.17) is 13.8 Å². The fourth-order valence-electron chi connectivity index (χ4n) is 1.30. The monoisotopic (exact) mass is 337 g/mol. The fourth-order valence-corrected chi connectivity index (χ4v) is 2.12. The van der Waals surface area contributed by atoms with Crippen molar-refractivity contribution in [1.29, 1.82) is 0 Å². The van der Waals surface area contributed by atoms with E-state index >= 15 is 0 Å². The highest BCUT2D eigenvalue weighted by Gasteiger charge is 2.24. The van der Waals surface area contributed by atoms with Crippen molar-refractivity contribution in [2.24, 2.45) is 0 Å². The molecule has 0 saturated carbocycles. The van der Waals surface area contributed by atoms with Gasteiger partial charge in [-0.05, 0) is 20.8 Å². The maximum Gasteiger partial charge on any atom is 0.408 e. The SMILES string of the molecule is COC(=O)[C@H](/C=C\CP(=O)(OC)OC)NC(=O)OC(C)(C)C. The molecule has 1 N–H and O–H groups in total. The first-order valence-electron chi connectivity index (χ1n) is 6.51. The number of alkyl carbamates (subject to hydrolysis) is 1. The van der Waals surface area contributed by atoms with Crippen LogP contribution in [0, 0.1) is 0 Å². The molecule has 9 heteroatoms. The van der Waals surface area contributed by atoms with E-state index in [0.29, 0.717) is 0 Å². The van der Waals surface area contributed by atoms with Gasteiger partial charge in [0.05, 0.1) is 13.3 Å². The maximum atomic E-state index is 11.9. The number of ether oxygens (including phenoxy) is 2. The Labute approximate surface area is 130 Å². The second kappa shape index (κ2) is 8.92. The van der Waals surface area contributed by atoms with Gasteiger partial charge < -0.3 is 23.8 Å². The molecule has 22 heavy (non-hydrogen) atoms. The molecule has 0 aromatic carbocycles. The summed E-state index contributed by atoms with van der Waals surface area (Å²) in [7, 11) is 0.481. The second-order valence-electron chi connectivity index (χ2n) is 5.23. The van der Waals surface area contributed by atoms with Crippen LogP contribution in [0.3, 0.4) is 0 Å². The average molecular weight is 337 g/mol. The molecule has 0 spiro atoms. The summed E-state index contributed by atoms with van der Waals surface area (Å²) in [5.74, 6) is -0.688. The summed E-state index contributed by atoms with van der Waals surface area (Å²) in [6, 6.07) is -1.07. The summed E-state index contributed by atoms with van der Waals surface area (Å²) in [6.45, 7) is 5.09. The molecule has 0 aromatic heterocycles. The molecule has 0 aliphatic carbocycles. The number of hydrogen-bond donors (Lipinski definition) is 1. The minimum absolute atomic E-state index is 0.0521. The van der Waals surface area contributed by atoms with Gasteiger partial charge in [0.25, 0.3) is 0 Å². The lowest BCUT2D eigenvalue weighted by Gasteiger charge is -2.21. The first kappa shape index (κ1) is 20.6. The van der Waals surface area contributed by atoms with Gasteiger partial charge in [-0.1, -0.05) is 12.2 Å². The quantitative estimate of drug-likeness (QED) is 0.431. The Hall–Kier alpha value is -1.37. The van der Waals surface area contributed by atoms with Gasteiger partial charge in [0, 0.05) is 14.2 Å². The topological polar surface area (TPSA) is 100 Å². The molecule has 0 fully saturated rings. The van der Waals surface area contributed by atoms with E-state index in [2.05, 4.69) is 10.1 Å². The molecule has 0 aromatic rings. The Morgan fingerprint density at radius 1 is 1.18 bits per heavy atom. The summed E-state index contributed by atoms with van der Waals surface area (Å²) in [4.78, 5) is 23.3. The van der Waals surface area contributed by atoms with Crippen LogP contribution in [0.5, 0.6) is 0 Å². The first-order valence-corrected chi connectivity index (χ1v) is 8.24. The van der Waals surface area contributed by atoms with Crippen molar-refractivity contribution in [2.45, 2.75) is 32.4 Å². The number of methoxy groups -OCH3 is 1. The third-order valence-corrected chi connectivity index (χ3v) is 4.11. The van der Waals surface area contributed by atoms with Crippen molar-refractivity contribution < 1.29 is 32.7 Å². The summed E-state index contributed by atoms with van der Waals surface area (Å²) < 4.78 is 31.0. The smallest absolute Gasteiger partial charge is 0.408 e. The van der Waals surface area contributed by atoms with E-state index in [1.165, 1.54) is 33.5 Å². The Morgan fingerprint density at radius 2 is 1.73 bits per heavy atom. The standard InChI is InChI=1S/C13H24NO7P/c1-13(2,3)21-12(16)14-10(11(15)18-4)8-7-9-22(17,19-5)20-6/h7-8,10H,9H2,1-6H3,(H,14,16)/b8-7-/t10-/m0/s1. The highest BCUT2D eigenvalue weighted by Crippen LogP contribution is 2.46. The van der Waals surface area contributed by atoms with Gasteiger partial charge in [-0.15, -0.1) is 0 Å². The molecule has 0 bridgehead atoms. The number of hydrogen-bond acceptors (Lipinski definition) is 7. The fraction of sp³-hybridized carbons (Fsp3) is 0.692. The normalized spacial score (nSPS) is 13.7. The molecule has 0 unspecified atom stereocenters. The zero-order chi connectivity index (χ0) is 17.4. The van der Waals surface area contributed by atoms with E-state index in [-0.39, 0.29) is 6.16 Å². The van der Waals surface area contributed by atoms with Crippen LogP contribution in [0.25, 0.3) is 0 Å². The van der Waals surface area contributed by atoms with Crippen LogP contribution in [0.15, 0.2) is 12.2 Å². The number of carbonyl (C=O) groups is 2. The van der Waals surface area contributed by atoms with Crippen LogP contribution in [0.1, 0.15) is 20.8 Å². The zero-order valence-corrected chi connectivity index (χ0v) is 14.6. The molecule has 0 aliphatic rings. The van der Waals surface area contributed by atoms with Gasteiger partial charge in [0.2, 0.25) is 0 Å². The van der Waals surface area contributed by atoms with E-state index in [0.717, 1.165) is 0 Å². The second-order valence-corrected chi connectivity index (χ2v) is 7.55. The summed E-state index contributed by atoms with van der Waals surface area (Å²) in [5, 5.41) is 2.35. The highest BCUT2D eigenvalue weighted by atomic mass is 31.2. The number of amides is 1. The van der Waals surface area contributed by atoms with Crippen molar-refractivity contribution in [3.63, 3.8) is 0 Å². The van der Waals surface area contributed by atoms with Gasteiger partial charge in [-0.2, -0.15) is 0 Å². The Morgan fingerprint density at radius 3 is 2.14 bits per heavy atom. The average Bonchev–Trinajstić information content (AvgIpc) is 2.43. The molecule has 0 aliphatic heterocycles. The predicted molar refractivity (Wildman–Crippen MR) is 80.8 cm³/mol. The molecule has 8 nitrogen and oxygen atoms in total. The summed E-state index contributed by atoms with van der Waals surface area (Å²) in [5.41, 5.74) is -0.698. The van der Waals surface area contributed by atoms with E-state index < -0.39 is 31.3 Å². The zero-order valence-electron chi connectivity index (χ0n) is 13.7. The van der Waals surface area contributed by atoms with Crippen LogP contribution < -0.4 is 5.32 Å². The van der Waals surface area contributed by atoms with E-state index in [1.807, 2.05) is 0 Å². The molecule has 1 atom stereocenters. The van der Waals surface area contributed by atoms with Crippen LogP contribution in [-0.2, 0) is 27.9 Å². The minimum Gasteiger partial charge on any atom is -0.467 e. The van der Waals surface area contributed by atoms with Crippen LogP contribution in [0.2, 0.25) is 0 Å². The molecular weight excluding hydrogens is 313 g/mol. The number of allylic oxidation sites excluding steroid dienone is 1. The lowest BCUT2D eigenvalue weighted by molar-refractivity contribution is -0.141. The number of rotatable bonds is 7. The van der Waals surface area contributed by atoms with Crippen LogP contribution >= 0.6 is 7.60 Å². The van der Waals surface area contributed by atoms with Crippen molar-refractivity contribution in [1.82, 2.24) is 5.32 Å². The molecule has 0 heterocycles. The molecule has 1 amide bonds. The number of nitrogens with one attached hydrogen (secondary N) is 1. The third-order valence-electron chi connectivity index (χ3n) is 2.34. The first-order chi connectivity index (χ1) is 10.1. The van der Waals surface area contributed by atoms with Gasteiger partial charge in [0.1, 0.15) is 11.6 Å². The van der Waals surface area contributed by atoms with Crippen molar-refractivity contribution >= 4 is 19.7 Å². The summed E-state index contributed by atoms with van der Waals surface area (Å²) >= 11 is 0. The minimum atomic E-state index is -3.23. The van der Waals surface area contributed by atoms with Crippen molar-refractivity contribution in [3.8, 4) is 0 Å². The maximum absolute atomic E-state index is 11.9. The predicted octanol–water partition coefficient (Wildman–Crippen LogP) is 2.09. The third kappa shape index (κ3) is 8.17. The Bertz CT molecular complexity index is 448. The van der Waals surface area contributed by atoms with E-state index in [9.17, 15) is 14.2 Å². The van der Waals surface area contributed by atoms with Crippen molar-refractivity contribution in [3.05, 3.63) is 12.2 Å².